The molecule has 1 aromatic rings. The molecule has 0 saturated carbocycles. The number of amides is 1. The maximum Gasteiger partial charge on any atom is 0.221 e. The van der Waals surface area contributed by atoms with Crippen molar-refractivity contribution in [3.05, 3.63) is 29.8 Å². The van der Waals surface area contributed by atoms with Crippen LogP contribution in [0.1, 0.15) is 39.2 Å². The monoisotopic (exact) mass is 474 g/mol. The Balaban J connectivity index is 0.00000338. The largest absolute Gasteiger partial charge is 0.488 e. The molecule has 6 nitrogen and oxygen atoms in total. The zero-order valence-electron chi connectivity index (χ0n) is 15.9. The molecular weight excluding hydrogens is 443 g/mol. The van der Waals surface area contributed by atoms with Gasteiger partial charge in [-0.2, -0.15) is 0 Å². The summed E-state index contributed by atoms with van der Waals surface area (Å²) in [6, 6.07) is 8.33. The first-order valence-corrected chi connectivity index (χ1v) is 9.18. The predicted octanol–water partition coefficient (Wildman–Crippen LogP) is 2.47. The lowest BCUT2D eigenvalue weighted by molar-refractivity contribution is -0.121. The third-order valence-corrected chi connectivity index (χ3v) is 4.18. The fourth-order valence-corrected chi connectivity index (χ4v) is 2.63. The highest BCUT2D eigenvalue weighted by molar-refractivity contribution is 14.0. The number of halogens is 1. The second kappa shape index (κ2) is 12.0. The van der Waals surface area contributed by atoms with Gasteiger partial charge in [0.25, 0.3) is 0 Å². The number of hydrogen-bond donors (Lipinski definition) is 3. The normalized spacial score (nSPS) is 16.7. The van der Waals surface area contributed by atoms with Crippen molar-refractivity contribution < 1.29 is 9.53 Å². The van der Waals surface area contributed by atoms with Gasteiger partial charge in [0.2, 0.25) is 5.91 Å². The number of hydrogen-bond acceptors (Lipinski definition) is 3. The Morgan fingerprint density at radius 3 is 2.77 bits per heavy atom. The van der Waals surface area contributed by atoms with Crippen molar-refractivity contribution in [2.24, 2.45) is 4.99 Å². The zero-order valence-corrected chi connectivity index (χ0v) is 18.2. The summed E-state index contributed by atoms with van der Waals surface area (Å²) in [7, 11) is 0. The van der Waals surface area contributed by atoms with Gasteiger partial charge >= 0.3 is 0 Å². The van der Waals surface area contributed by atoms with E-state index in [4.69, 9.17) is 4.74 Å². The molecule has 26 heavy (non-hydrogen) atoms. The molecule has 1 amide bonds. The van der Waals surface area contributed by atoms with Crippen molar-refractivity contribution in [3.63, 3.8) is 0 Å². The van der Waals surface area contributed by atoms with Crippen LogP contribution in [-0.2, 0) is 11.2 Å². The maximum atomic E-state index is 11.8. The minimum Gasteiger partial charge on any atom is -0.488 e. The molecule has 0 radical (unpaired) electrons. The molecule has 1 aliphatic heterocycles. The van der Waals surface area contributed by atoms with Gasteiger partial charge in [-0.25, -0.2) is 4.99 Å². The predicted molar refractivity (Wildman–Crippen MR) is 116 cm³/mol. The van der Waals surface area contributed by atoms with Gasteiger partial charge in [-0.15, -0.1) is 24.0 Å². The number of para-hydroxylation sites is 1. The summed E-state index contributed by atoms with van der Waals surface area (Å²) in [5.41, 5.74) is 1.24. The van der Waals surface area contributed by atoms with Crippen molar-refractivity contribution in [2.75, 3.05) is 19.6 Å². The second-order valence-corrected chi connectivity index (χ2v) is 6.32. The van der Waals surface area contributed by atoms with Gasteiger partial charge in [0.15, 0.2) is 5.96 Å². The van der Waals surface area contributed by atoms with E-state index < -0.39 is 0 Å². The average Bonchev–Trinajstić information content (AvgIpc) is 3.02. The molecule has 0 aliphatic carbocycles. The van der Waals surface area contributed by atoms with Crippen LogP contribution in [0.2, 0.25) is 0 Å². The Morgan fingerprint density at radius 2 is 2.08 bits per heavy atom. The van der Waals surface area contributed by atoms with Crippen LogP contribution in [0.25, 0.3) is 0 Å². The first kappa shape index (κ1) is 22.5. The average molecular weight is 474 g/mol. The number of nitrogens with zero attached hydrogens (tertiary/aromatic N) is 1. The van der Waals surface area contributed by atoms with Gasteiger partial charge in [-0.05, 0) is 31.9 Å². The summed E-state index contributed by atoms with van der Waals surface area (Å²) in [5.74, 6) is 1.74. The van der Waals surface area contributed by atoms with Crippen LogP contribution in [0.4, 0.5) is 0 Å². The Morgan fingerprint density at radius 1 is 1.31 bits per heavy atom. The van der Waals surface area contributed by atoms with Crippen LogP contribution >= 0.6 is 24.0 Å². The molecule has 2 unspecified atom stereocenters. The van der Waals surface area contributed by atoms with E-state index in [9.17, 15) is 4.79 Å². The van der Waals surface area contributed by atoms with E-state index in [1.807, 2.05) is 32.0 Å². The topological polar surface area (TPSA) is 74.8 Å². The Kier molecular flexibility index (Phi) is 10.4. The minimum atomic E-state index is 0. The Hall–Kier alpha value is -1.51. The minimum absolute atomic E-state index is 0. The van der Waals surface area contributed by atoms with Gasteiger partial charge in [-0.3, -0.25) is 4.79 Å². The van der Waals surface area contributed by atoms with E-state index in [0.29, 0.717) is 19.5 Å². The molecule has 2 atom stereocenters. The van der Waals surface area contributed by atoms with Crippen molar-refractivity contribution in [1.29, 1.82) is 0 Å². The first-order chi connectivity index (χ1) is 12.1. The van der Waals surface area contributed by atoms with Crippen LogP contribution < -0.4 is 20.7 Å². The van der Waals surface area contributed by atoms with Gasteiger partial charge in [0.05, 0.1) is 6.54 Å². The number of ether oxygens (including phenoxy) is 1. The number of rotatable bonds is 8. The number of benzene rings is 1. The van der Waals surface area contributed by atoms with Crippen molar-refractivity contribution in [1.82, 2.24) is 16.0 Å². The summed E-state index contributed by atoms with van der Waals surface area (Å²) < 4.78 is 5.91. The fraction of sp³-hybridized carbons (Fsp3) is 0.579. The van der Waals surface area contributed by atoms with Crippen molar-refractivity contribution >= 4 is 35.8 Å². The fourth-order valence-electron chi connectivity index (χ4n) is 2.63. The molecule has 1 aliphatic rings. The van der Waals surface area contributed by atoms with Crippen LogP contribution in [0.3, 0.4) is 0 Å². The molecule has 1 aromatic carbocycles. The van der Waals surface area contributed by atoms with Gasteiger partial charge in [0.1, 0.15) is 11.9 Å². The summed E-state index contributed by atoms with van der Waals surface area (Å²) in [4.78, 5) is 16.4. The molecule has 0 bridgehead atoms. The summed E-state index contributed by atoms with van der Waals surface area (Å²) in [6.45, 7) is 8.01. The lowest BCUT2D eigenvalue weighted by atomic mass is 10.1. The zero-order chi connectivity index (χ0) is 18.1. The van der Waals surface area contributed by atoms with Crippen LogP contribution in [0, 0.1) is 0 Å². The summed E-state index contributed by atoms with van der Waals surface area (Å²) in [5, 5.41) is 9.38. The third kappa shape index (κ3) is 7.39. The quantitative estimate of drug-likeness (QED) is 0.308. The standard InChI is InChI=1S/C19H30N4O2.HI/c1-4-14(3)23-18(24)10-11-21-19(20-5-2)22-13-16-12-15-8-6-7-9-17(15)25-16;/h6-9,14,16H,4-5,10-13H2,1-3H3,(H,23,24)(H2,20,21,22);1H. The molecule has 0 aromatic heterocycles. The van der Waals surface area contributed by atoms with Gasteiger partial charge < -0.3 is 20.7 Å². The van der Waals surface area contributed by atoms with E-state index in [1.165, 1.54) is 5.56 Å². The highest BCUT2D eigenvalue weighted by atomic mass is 127. The number of nitrogens with one attached hydrogen (secondary N) is 3. The number of fused-ring (bicyclic) bond motifs is 1. The molecule has 0 fully saturated rings. The summed E-state index contributed by atoms with van der Waals surface area (Å²) >= 11 is 0. The van der Waals surface area contributed by atoms with Crippen molar-refractivity contribution in [2.45, 2.75) is 52.2 Å². The lowest BCUT2D eigenvalue weighted by Crippen LogP contribution is -2.40. The number of carbonyl (C=O) groups excluding carboxylic acids is 1. The van der Waals surface area contributed by atoms with E-state index in [2.05, 4.69) is 33.9 Å². The maximum absolute atomic E-state index is 11.8. The second-order valence-electron chi connectivity index (χ2n) is 6.32. The Bertz CT molecular complexity index is 570. The molecule has 0 spiro atoms. The lowest BCUT2D eigenvalue weighted by Gasteiger charge is -2.14. The molecule has 3 N–H and O–H groups in total. The van der Waals surface area contributed by atoms with Gasteiger partial charge in [0, 0.05) is 32.0 Å². The van der Waals surface area contributed by atoms with E-state index >= 15 is 0 Å². The first-order valence-electron chi connectivity index (χ1n) is 9.18. The van der Waals surface area contributed by atoms with Gasteiger partial charge in [-0.1, -0.05) is 25.1 Å². The number of aliphatic imine (C=N–C) groups is 1. The van der Waals surface area contributed by atoms with Crippen LogP contribution in [0.5, 0.6) is 5.75 Å². The van der Waals surface area contributed by atoms with E-state index in [0.717, 1.165) is 31.1 Å². The molecule has 7 heteroatoms. The number of guanidine groups is 1. The smallest absolute Gasteiger partial charge is 0.221 e. The molecule has 2 rings (SSSR count). The molecule has 1 heterocycles. The molecule has 0 saturated heterocycles. The molecular formula is C19H31IN4O2. The SMILES string of the molecule is CCNC(=NCC1Cc2ccccc2O1)NCCC(=O)NC(C)CC.I. The Labute approximate surface area is 173 Å². The summed E-state index contributed by atoms with van der Waals surface area (Å²) in [6.07, 6.45) is 2.32. The molecule has 146 valence electrons. The van der Waals surface area contributed by atoms with E-state index in [-0.39, 0.29) is 42.0 Å². The van der Waals surface area contributed by atoms with Crippen LogP contribution in [-0.4, -0.2) is 43.6 Å². The van der Waals surface area contributed by atoms with E-state index in [1.54, 1.807) is 0 Å². The van der Waals surface area contributed by atoms with Crippen LogP contribution in [0.15, 0.2) is 29.3 Å². The third-order valence-electron chi connectivity index (χ3n) is 4.18. The highest BCUT2D eigenvalue weighted by Gasteiger charge is 2.21. The highest BCUT2D eigenvalue weighted by Crippen LogP contribution is 2.28. The number of carbonyl (C=O) groups is 1. The van der Waals surface area contributed by atoms with Crippen molar-refractivity contribution in [3.8, 4) is 5.75 Å².